The van der Waals surface area contributed by atoms with Crippen LogP contribution >= 0.6 is 0 Å². The SMILES string of the molecule is C[C@@H](CC(=O)[C@@H](C)NC(=O)CCN1C(=O)C=CC1=O)C(=O)Nc1cccc(Cc2ccc([C@@H]3O[C@@H]4C[C@H]5[C@@H]6CCC7=CC(=O)C=C[C@]7(C)[C@H]6[C@@H](O)C[C@]5(C)[C@]4(C(=O)CO)O3)cc2)c1. The Labute approximate surface area is 366 Å². The lowest BCUT2D eigenvalue weighted by molar-refractivity contribution is -0.201. The Morgan fingerprint density at radius 1 is 0.968 bits per heavy atom. The minimum absolute atomic E-state index is 0.00717. The molecule has 0 aromatic heterocycles. The first kappa shape index (κ1) is 44.2. The third-order valence-electron chi connectivity index (χ3n) is 14.9. The number of aliphatic hydroxyl groups excluding tert-OH is 2. The van der Waals surface area contributed by atoms with Gasteiger partial charge in [0, 0.05) is 65.5 Å². The first-order chi connectivity index (χ1) is 30.0. The van der Waals surface area contributed by atoms with Crippen LogP contribution in [0.4, 0.5) is 5.69 Å². The number of imide groups is 1. The molecule has 0 bridgehead atoms. The summed E-state index contributed by atoms with van der Waals surface area (Å²) in [5.41, 5.74) is 1.51. The predicted octanol–water partition coefficient (Wildman–Crippen LogP) is 4.23. The van der Waals surface area contributed by atoms with Gasteiger partial charge in [0.25, 0.3) is 11.8 Å². The molecule has 3 saturated carbocycles. The summed E-state index contributed by atoms with van der Waals surface area (Å²) in [5.74, 6) is -3.40. The van der Waals surface area contributed by atoms with E-state index in [2.05, 4.69) is 17.6 Å². The smallest absolute Gasteiger partial charge is 0.253 e. The highest BCUT2D eigenvalue weighted by Crippen LogP contribution is 2.70. The number of carbonyl (C=O) groups is 7. The number of ketones is 3. The Morgan fingerprint density at radius 3 is 2.41 bits per heavy atom. The van der Waals surface area contributed by atoms with Crippen molar-refractivity contribution in [3.63, 3.8) is 0 Å². The van der Waals surface area contributed by atoms with Crippen LogP contribution in [0.2, 0.25) is 0 Å². The molecule has 2 heterocycles. The highest BCUT2D eigenvalue weighted by Gasteiger charge is 2.76. The fourth-order valence-corrected chi connectivity index (χ4v) is 11.7. The van der Waals surface area contributed by atoms with Gasteiger partial charge in [0.1, 0.15) is 6.61 Å². The van der Waals surface area contributed by atoms with Crippen LogP contribution < -0.4 is 10.6 Å². The second-order valence-electron chi connectivity index (χ2n) is 18.7. The van der Waals surface area contributed by atoms with Crippen molar-refractivity contribution < 1.29 is 53.2 Å². The van der Waals surface area contributed by atoms with Crippen molar-refractivity contribution >= 4 is 46.7 Å². The molecule has 4 N–H and O–H groups in total. The summed E-state index contributed by atoms with van der Waals surface area (Å²) in [6, 6.07) is 14.2. The lowest BCUT2D eigenvalue weighted by Crippen LogP contribution is -2.63. The average Bonchev–Trinajstić information content (AvgIpc) is 3.87. The standard InChI is InChI=1S/C49H55N3O11/c1-27(20-37(55)28(2)50-41(58)17-19-52-42(59)14-15-43(52)60)45(61)51-33-7-5-6-30(22-33)21-29-8-10-31(11-9-29)46-62-40-24-36-35-13-12-32-23-34(54)16-18-47(32,3)44(35)38(56)25-48(36,4)49(40,63-46)39(57)26-53/h5-11,14-16,18,22-23,27-28,35-36,38,40,44,46,53,56H,12-13,17,19-21,24-26H2,1-4H3,(H,50,58)(H,51,61)/t27-,28+,35-,36-,38-,40+,44+,46+,47-,48-,49+/m0/s1. The van der Waals surface area contributed by atoms with Crippen molar-refractivity contribution in [2.75, 3.05) is 18.5 Å². The molecule has 0 radical (unpaired) electrons. The van der Waals surface area contributed by atoms with Gasteiger partial charge in [-0.05, 0) is 86.3 Å². The third-order valence-corrected chi connectivity index (χ3v) is 14.9. The van der Waals surface area contributed by atoms with Gasteiger partial charge in [-0.15, -0.1) is 0 Å². The van der Waals surface area contributed by atoms with Crippen molar-refractivity contribution in [3.05, 3.63) is 101 Å². The van der Waals surface area contributed by atoms with Gasteiger partial charge in [0.05, 0.1) is 18.2 Å². The number of hydrogen-bond donors (Lipinski definition) is 4. The number of nitrogens with one attached hydrogen (secondary N) is 2. The third kappa shape index (κ3) is 7.85. The van der Waals surface area contributed by atoms with Gasteiger partial charge in [-0.3, -0.25) is 38.5 Å². The van der Waals surface area contributed by atoms with Crippen LogP contribution in [0.3, 0.4) is 0 Å². The summed E-state index contributed by atoms with van der Waals surface area (Å²) in [5, 5.41) is 27.8. The van der Waals surface area contributed by atoms with E-state index in [-0.39, 0.29) is 54.6 Å². The van der Waals surface area contributed by atoms with Crippen molar-refractivity contribution in [2.45, 2.75) is 103 Å². The van der Waals surface area contributed by atoms with Crippen LogP contribution in [0.25, 0.3) is 0 Å². The van der Waals surface area contributed by atoms with E-state index in [9.17, 15) is 43.8 Å². The van der Waals surface area contributed by atoms with Gasteiger partial charge in [-0.25, -0.2) is 0 Å². The molecule has 4 amide bonds. The number of nitrogens with zero attached hydrogens (tertiary/aromatic N) is 1. The Bertz CT molecular complexity index is 2320. The quantitative estimate of drug-likeness (QED) is 0.198. The summed E-state index contributed by atoms with van der Waals surface area (Å²) in [4.78, 5) is 89.0. The van der Waals surface area contributed by atoms with Crippen LogP contribution in [-0.4, -0.2) is 93.1 Å². The molecule has 1 saturated heterocycles. The summed E-state index contributed by atoms with van der Waals surface area (Å²) in [7, 11) is 0. The maximum absolute atomic E-state index is 13.9. The number of fused-ring (bicyclic) bond motifs is 7. The molecule has 0 spiro atoms. The Balaban J connectivity index is 0.869. The second kappa shape index (κ2) is 16.9. The van der Waals surface area contributed by atoms with Gasteiger partial charge in [-0.1, -0.05) is 68.8 Å². The summed E-state index contributed by atoms with van der Waals surface area (Å²) >= 11 is 0. The number of aliphatic hydroxyl groups is 2. The molecule has 332 valence electrons. The maximum atomic E-state index is 13.9. The predicted molar refractivity (Wildman–Crippen MR) is 228 cm³/mol. The molecule has 14 nitrogen and oxygen atoms in total. The minimum Gasteiger partial charge on any atom is -0.393 e. The van der Waals surface area contributed by atoms with Crippen LogP contribution in [0.5, 0.6) is 0 Å². The molecule has 2 aromatic rings. The average molecular weight is 862 g/mol. The van der Waals surface area contributed by atoms with E-state index in [0.29, 0.717) is 24.9 Å². The van der Waals surface area contributed by atoms with Crippen molar-refractivity contribution in [1.82, 2.24) is 10.2 Å². The topological polar surface area (TPSA) is 206 Å². The first-order valence-corrected chi connectivity index (χ1v) is 21.9. The number of allylic oxidation sites excluding steroid dienone is 4. The Morgan fingerprint density at radius 2 is 1.70 bits per heavy atom. The number of ether oxygens (including phenoxy) is 2. The number of benzene rings is 2. The number of carbonyl (C=O) groups excluding carboxylic acids is 7. The molecular weight excluding hydrogens is 807 g/mol. The van der Waals surface area contributed by atoms with E-state index in [1.54, 1.807) is 25.1 Å². The van der Waals surface area contributed by atoms with E-state index in [1.165, 1.54) is 6.92 Å². The first-order valence-electron chi connectivity index (χ1n) is 21.9. The van der Waals surface area contributed by atoms with Gasteiger partial charge >= 0.3 is 0 Å². The number of rotatable bonds is 14. The lowest BCUT2D eigenvalue weighted by Gasteiger charge is -2.59. The van der Waals surface area contributed by atoms with E-state index >= 15 is 0 Å². The van der Waals surface area contributed by atoms with Crippen LogP contribution in [0.15, 0.2) is 84.5 Å². The zero-order chi connectivity index (χ0) is 45.0. The fraction of sp³-hybridized carbons (Fsp3) is 0.490. The molecule has 4 aliphatic carbocycles. The van der Waals surface area contributed by atoms with Gasteiger partial charge < -0.3 is 30.3 Å². The minimum atomic E-state index is -1.45. The zero-order valence-electron chi connectivity index (χ0n) is 36.0. The number of anilines is 1. The van der Waals surface area contributed by atoms with Crippen molar-refractivity contribution in [1.29, 1.82) is 0 Å². The highest BCUT2D eigenvalue weighted by molar-refractivity contribution is 6.13. The molecule has 11 atom stereocenters. The maximum Gasteiger partial charge on any atom is 0.253 e. The zero-order valence-corrected chi connectivity index (χ0v) is 36.0. The second-order valence-corrected chi connectivity index (χ2v) is 18.7. The summed E-state index contributed by atoms with van der Waals surface area (Å²) < 4.78 is 13.4. The van der Waals surface area contributed by atoms with Crippen molar-refractivity contribution in [2.24, 2.45) is 34.5 Å². The molecule has 14 heteroatoms. The number of hydrogen-bond acceptors (Lipinski definition) is 11. The van der Waals surface area contributed by atoms with E-state index in [4.69, 9.17) is 9.47 Å². The van der Waals surface area contributed by atoms with Crippen LogP contribution in [0, 0.1) is 34.5 Å². The van der Waals surface area contributed by atoms with E-state index in [0.717, 1.165) is 52.2 Å². The molecule has 6 aliphatic rings. The summed E-state index contributed by atoms with van der Waals surface area (Å²) in [6.45, 7) is 6.47. The van der Waals surface area contributed by atoms with Gasteiger partial charge in [-0.2, -0.15) is 0 Å². The number of amides is 4. The lowest BCUT2D eigenvalue weighted by atomic mass is 9.46. The summed E-state index contributed by atoms with van der Waals surface area (Å²) in [6.07, 6.45) is 7.94. The fourth-order valence-electron chi connectivity index (χ4n) is 11.7. The molecule has 2 aromatic carbocycles. The molecule has 0 unspecified atom stereocenters. The molecular formula is C49H55N3O11. The Kier molecular flexibility index (Phi) is 11.9. The van der Waals surface area contributed by atoms with Crippen LogP contribution in [0.1, 0.15) is 89.2 Å². The van der Waals surface area contributed by atoms with Crippen molar-refractivity contribution in [3.8, 4) is 0 Å². The number of Topliss-reactive ketones (excluding diaryl/α,β-unsaturated/α-hetero) is 2. The molecule has 4 fully saturated rings. The normalized spacial score (nSPS) is 32.6. The molecule has 2 aliphatic heterocycles. The molecule has 63 heavy (non-hydrogen) atoms. The van der Waals surface area contributed by atoms with E-state index < -0.39 is 77.0 Å². The largest absolute Gasteiger partial charge is 0.393 e. The highest BCUT2D eigenvalue weighted by atomic mass is 16.7. The van der Waals surface area contributed by atoms with Gasteiger partial charge in [0.2, 0.25) is 11.8 Å². The molecule has 8 rings (SSSR count). The van der Waals surface area contributed by atoms with Gasteiger partial charge in [0.15, 0.2) is 29.2 Å². The Hall–Kier alpha value is -5.41. The van der Waals surface area contributed by atoms with Crippen LogP contribution in [-0.2, 0) is 49.5 Å². The van der Waals surface area contributed by atoms with E-state index in [1.807, 2.05) is 55.5 Å². The monoisotopic (exact) mass is 861 g/mol.